The Morgan fingerprint density at radius 2 is 2.29 bits per heavy atom. The van der Waals surface area contributed by atoms with E-state index in [1.807, 2.05) is 24.3 Å². The molecule has 5 heteroatoms. The third-order valence-corrected chi connectivity index (χ3v) is 2.45. The highest BCUT2D eigenvalue weighted by molar-refractivity contribution is 5.41. The number of nitrogen functional groups attached to an aromatic ring is 1. The lowest BCUT2D eigenvalue weighted by Gasteiger charge is -2.06. The van der Waals surface area contributed by atoms with Gasteiger partial charge in [0.1, 0.15) is 11.6 Å². The fourth-order valence-corrected chi connectivity index (χ4v) is 1.58. The van der Waals surface area contributed by atoms with Crippen LogP contribution in [0.2, 0.25) is 0 Å². The molecule has 1 aromatic carbocycles. The molecule has 0 saturated carbocycles. The van der Waals surface area contributed by atoms with Crippen LogP contribution in [0.25, 0.3) is 0 Å². The van der Waals surface area contributed by atoms with E-state index >= 15 is 0 Å². The van der Waals surface area contributed by atoms with Gasteiger partial charge in [-0.3, -0.25) is 4.98 Å². The van der Waals surface area contributed by atoms with E-state index in [2.05, 4.69) is 9.97 Å². The van der Waals surface area contributed by atoms with Gasteiger partial charge >= 0.3 is 5.69 Å². The molecule has 0 radical (unpaired) electrons. The molecule has 0 amide bonds. The summed E-state index contributed by atoms with van der Waals surface area (Å²) in [6.07, 6.45) is 2.10. The van der Waals surface area contributed by atoms with E-state index in [4.69, 9.17) is 10.5 Å². The molecular weight excluding hydrogens is 218 g/mol. The first kappa shape index (κ1) is 11.2. The number of benzene rings is 1. The van der Waals surface area contributed by atoms with Crippen molar-refractivity contribution in [2.24, 2.45) is 0 Å². The van der Waals surface area contributed by atoms with Crippen molar-refractivity contribution in [3.05, 3.63) is 52.1 Å². The van der Waals surface area contributed by atoms with E-state index in [1.54, 1.807) is 7.11 Å². The van der Waals surface area contributed by atoms with E-state index < -0.39 is 5.69 Å². The Labute approximate surface area is 98.3 Å². The second-order valence-electron chi connectivity index (χ2n) is 3.66. The first-order valence-electron chi connectivity index (χ1n) is 5.15. The zero-order valence-corrected chi connectivity index (χ0v) is 9.43. The van der Waals surface area contributed by atoms with Crippen LogP contribution in [-0.4, -0.2) is 17.1 Å². The Kier molecular flexibility index (Phi) is 3.09. The number of nitrogens with two attached hydrogens (primary N) is 1. The van der Waals surface area contributed by atoms with Gasteiger partial charge in [-0.15, -0.1) is 0 Å². The van der Waals surface area contributed by atoms with Crippen molar-refractivity contribution in [2.75, 3.05) is 12.8 Å². The molecule has 0 aliphatic heterocycles. The number of hydrogen-bond acceptors (Lipinski definition) is 4. The summed E-state index contributed by atoms with van der Waals surface area (Å²) in [4.78, 5) is 17.1. The van der Waals surface area contributed by atoms with Gasteiger partial charge in [-0.2, -0.15) is 0 Å². The maximum absolute atomic E-state index is 10.9. The Hall–Kier alpha value is -2.30. The monoisotopic (exact) mass is 231 g/mol. The highest BCUT2D eigenvalue weighted by Gasteiger charge is 2.03. The number of H-pyrrole nitrogens is 1. The molecular formula is C12H13N3O2. The van der Waals surface area contributed by atoms with Crippen molar-refractivity contribution in [2.45, 2.75) is 6.42 Å². The molecule has 1 aromatic heterocycles. The van der Waals surface area contributed by atoms with Crippen molar-refractivity contribution in [3.63, 3.8) is 0 Å². The number of ether oxygens (including phenoxy) is 1. The average molecular weight is 231 g/mol. The van der Waals surface area contributed by atoms with Gasteiger partial charge in [0.25, 0.3) is 0 Å². The Morgan fingerprint density at radius 1 is 1.47 bits per heavy atom. The number of aromatic amines is 1. The third kappa shape index (κ3) is 2.63. The zero-order valence-electron chi connectivity index (χ0n) is 9.43. The summed E-state index contributed by atoms with van der Waals surface area (Å²) in [5.41, 5.74) is 7.12. The van der Waals surface area contributed by atoms with Crippen LogP contribution in [0.4, 0.5) is 5.82 Å². The molecule has 0 unspecified atom stereocenters. The van der Waals surface area contributed by atoms with Gasteiger partial charge in [-0.05, 0) is 17.7 Å². The molecule has 0 spiro atoms. The molecule has 17 heavy (non-hydrogen) atoms. The molecule has 2 aromatic rings. The van der Waals surface area contributed by atoms with Crippen LogP contribution in [0.1, 0.15) is 11.1 Å². The lowest BCUT2D eigenvalue weighted by atomic mass is 10.1. The normalized spacial score (nSPS) is 10.2. The van der Waals surface area contributed by atoms with Crippen LogP contribution in [0.5, 0.6) is 5.75 Å². The predicted molar refractivity (Wildman–Crippen MR) is 65.1 cm³/mol. The molecule has 0 saturated heterocycles. The van der Waals surface area contributed by atoms with Gasteiger partial charge in [0, 0.05) is 18.2 Å². The first-order valence-corrected chi connectivity index (χ1v) is 5.15. The summed E-state index contributed by atoms with van der Waals surface area (Å²) in [6, 6.07) is 7.67. The Bertz CT molecular complexity index is 578. The van der Waals surface area contributed by atoms with E-state index in [9.17, 15) is 4.79 Å². The molecule has 0 bridgehead atoms. The highest BCUT2D eigenvalue weighted by atomic mass is 16.5. The Morgan fingerprint density at radius 3 is 3.00 bits per heavy atom. The van der Waals surface area contributed by atoms with Crippen LogP contribution in [0.15, 0.2) is 35.3 Å². The lowest BCUT2D eigenvalue weighted by Crippen LogP contribution is -2.14. The predicted octanol–water partition coefficient (Wildman–Crippen LogP) is 0.951. The van der Waals surface area contributed by atoms with Crippen molar-refractivity contribution >= 4 is 5.82 Å². The fraction of sp³-hybridized carbons (Fsp3) is 0.167. The minimum Gasteiger partial charge on any atom is -0.497 e. The molecule has 3 N–H and O–H groups in total. The second kappa shape index (κ2) is 4.69. The van der Waals surface area contributed by atoms with E-state index in [1.165, 1.54) is 6.20 Å². The van der Waals surface area contributed by atoms with Crippen molar-refractivity contribution in [1.82, 2.24) is 9.97 Å². The molecule has 0 aliphatic rings. The Balaban J connectivity index is 2.28. The summed E-state index contributed by atoms with van der Waals surface area (Å²) in [5, 5.41) is 0. The zero-order chi connectivity index (χ0) is 12.3. The molecule has 0 fully saturated rings. The number of nitrogens with one attached hydrogen (secondary N) is 1. The number of aromatic nitrogens is 2. The standard InChI is InChI=1S/C12H13N3O2/c1-17-10-4-2-3-8(6-10)5-9-7-14-12(16)15-11(9)13/h2-4,6-7H,5H2,1H3,(H3,13,14,15,16). The molecule has 0 aliphatic carbocycles. The minimum absolute atomic E-state index is 0.354. The average Bonchev–Trinajstić information content (AvgIpc) is 2.33. The van der Waals surface area contributed by atoms with Gasteiger partial charge in [-0.25, -0.2) is 9.78 Å². The number of rotatable bonds is 3. The molecule has 5 nitrogen and oxygen atoms in total. The fourth-order valence-electron chi connectivity index (χ4n) is 1.58. The van der Waals surface area contributed by atoms with Gasteiger partial charge in [0.2, 0.25) is 0 Å². The first-order chi connectivity index (χ1) is 8.19. The SMILES string of the molecule is COc1cccc(Cc2cnc(=O)[nH]c2N)c1. The van der Waals surface area contributed by atoms with Crippen molar-refractivity contribution in [3.8, 4) is 5.75 Å². The lowest BCUT2D eigenvalue weighted by molar-refractivity contribution is 0.414. The smallest absolute Gasteiger partial charge is 0.346 e. The summed E-state index contributed by atoms with van der Waals surface area (Å²) in [5.74, 6) is 1.14. The van der Waals surface area contributed by atoms with Crippen LogP contribution < -0.4 is 16.2 Å². The molecule has 2 rings (SSSR count). The summed E-state index contributed by atoms with van der Waals surface area (Å²) in [6.45, 7) is 0. The van der Waals surface area contributed by atoms with Crippen LogP contribution in [-0.2, 0) is 6.42 Å². The second-order valence-corrected chi connectivity index (χ2v) is 3.66. The topological polar surface area (TPSA) is 81.0 Å². The summed E-state index contributed by atoms with van der Waals surface area (Å²) < 4.78 is 5.14. The summed E-state index contributed by atoms with van der Waals surface area (Å²) >= 11 is 0. The van der Waals surface area contributed by atoms with E-state index in [-0.39, 0.29) is 0 Å². The largest absolute Gasteiger partial charge is 0.497 e. The van der Waals surface area contributed by atoms with Crippen LogP contribution in [0.3, 0.4) is 0 Å². The van der Waals surface area contributed by atoms with Gasteiger partial charge in [0.05, 0.1) is 7.11 Å². The number of nitrogens with zero attached hydrogens (tertiary/aromatic N) is 1. The van der Waals surface area contributed by atoms with Crippen LogP contribution in [0, 0.1) is 0 Å². The minimum atomic E-state index is -0.433. The number of methoxy groups -OCH3 is 1. The maximum atomic E-state index is 10.9. The quantitative estimate of drug-likeness (QED) is 0.824. The number of hydrogen-bond donors (Lipinski definition) is 2. The van der Waals surface area contributed by atoms with Gasteiger partial charge < -0.3 is 10.5 Å². The van der Waals surface area contributed by atoms with Crippen LogP contribution >= 0.6 is 0 Å². The van der Waals surface area contributed by atoms with Crippen molar-refractivity contribution < 1.29 is 4.74 Å². The van der Waals surface area contributed by atoms with Crippen molar-refractivity contribution in [1.29, 1.82) is 0 Å². The van der Waals surface area contributed by atoms with E-state index in [0.717, 1.165) is 16.9 Å². The highest BCUT2D eigenvalue weighted by Crippen LogP contribution is 2.17. The molecule has 1 heterocycles. The molecule has 0 atom stereocenters. The molecule has 88 valence electrons. The van der Waals surface area contributed by atoms with Gasteiger partial charge in [0.15, 0.2) is 0 Å². The van der Waals surface area contributed by atoms with E-state index in [0.29, 0.717) is 12.2 Å². The summed E-state index contributed by atoms with van der Waals surface area (Å²) in [7, 11) is 1.62. The van der Waals surface area contributed by atoms with Gasteiger partial charge in [-0.1, -0.05) is 12.1 Å². The third-order valence-electron chi connectivity index (χ3n) is 2.45. The maximum Gasteiger partial charge on any atom is 0.346 e. The number of anilines is 1.